The zero-order valence-corrected chi connectivity index (χ0v) is 12.3. The first-order valence-corrected chi connectivity index (χ1v) is 7.43. The highest BCUT2D eigenvalue weighted by molar-refractivity contribution is 5.62. The van der Waals surface area contributed by atoms with E-state index in [0.717, 1.165) is 29.9 Å². The van der Waals surface area contributed by atoms with Gasteiger partial charge in [-0.15, -0.1) is 0 Å². The van der Waals surface area contributed by atoms with Gasteiger partial charge < -0.3 is 14.5 Å². The van der Waals surface area contributed by atoms with Crippen LogP contribution < -0.4 is 4.90 Å². The lowest BCUT2D eigenvalue weighted by molar-refractivity contribution is 0.198. The fourth-order valence-electron chi connectivity index (χ4n) is 2.63. The molecule has 7 nitrogen and oxygen atoms in total. The zero-order chi connectivity index (χ0) is 15.6. The van der Waals surface area contributed by atoms with Crippen molar-refractivity contribution in [1.82, 2.24) is 20.1 Å². The number of anilines is 1. The molecule has 4 rings (SSSR count). The van der Waals surface area contributed by atoms with Gasteiger partial charge in [0.05, 0.1) is 6.10 Å². The molecule has 0 spiro atoms. The number of pyridine rings is 2. The van der Waals surface area contributed by atoms with Crippen molar-refractivity contribution in [3.63, 3.8) is 0 Å². The molecule has 0 amide bonds. The molecule has 1 fully saturated rings. The summed E-state index contributed by atoms with van der Waals surface area (Å²) in [5.74, 6) is 1.75. The van der Waals surface area contributed by atoms with Crippen LogP contribution in [-0.2, 0) is 0 Å². The maximum atomic E-state index is 9.66. The van der Waals surface area contributed by atoms with Crippen LogP contribution in [0.15, 0.2) is 47.4 Å². The summed E-state index contributed by atoms with van der Waals surface area (Å²) < 4.78 is 5.36. The van der Waals surface area contributed by atoms with Gasteiger partial charge >= 0.3 is 0 Å². The topological polar surface area (TPSA) is 88.2 Å². The first kappa shape index (κ1) is 13.8. The van der Waals surface area contributed by atoms with Gasteiger partial charge in [0.15, 0.2) is 0 Å². The minimum absolute atomic E-state index is 0.291. The lowest BCUT2D eigenvalue weighted by Crippen LogP contribution is -2.22. The van der Waals surface area contributed by atoms with Crippen LogP contribution >= 0.6 is 0 Å². The Balaban J connectivity index is 1.62. The van der Waals surface area contributed by atoms with Gasteiger partial charge in [-0.05, 0) is 30.7 Å². The Morgan fingerprint density at radius 2 is 2.17 bits per heavy atom. The van der Waals surface area contributed by atoms with Crippen LogP contribution in [0.3, 0.4) is 0 Å². The monoisotopic (exact) mass is 309 g/mol. The van der Waals surface area contributed by atoms with Crippen molar-refractivity contribution in [3.8, 4) is 22.8 Å². The van der Waals surface area contributed by atoms with Crippen LogP contribution in [0.25, 0.3) is 22.8 Å². The van der Waals surface area contributed by atoms with Crippen LogP contribution in [0.4, 0.5) is 5.82 Å². The van der Waals surface area contributed by atoms with E-state index in [9.17, 15) is 5.11 Å². The van der Waals surface area contributed by atoms with E-state index < -0.39 is 0 Å². The highest BCUT2D eigenvalue weighted by atomic mass is 16.5. The van der Waals surface area contributed by atoms with Crippen LogP contribution in [0, 0.1) is 0 Å². The number of hydrogen-bond donors (Lipinski definition) is 1. The fraction of sp³-hybridized carbons (Fsp3) is 0.250. The number of β-amino-alcohol motifs (C(OH)–C–C–N with tert-alkyl or cyclic N) is 1. The van der Waals surface area contributed by atoms with E-state index in [1.807, 2.05) is 29.2 Å². The summed E-state index contributed by atoms with van der Waals surface area (Å²) in [5, 5.41) is 13.7. The molecule has 0 bridgehead atoms. The molecule has 1 saturated heterocycles. The van der Waals surface area contributed by atoms with E-state index in [1.165, 1.54) is 0 Å². The Hall–Kier alpha value is -2.80. The molecular weight excluding hydrogens is 294 g/mol. The second kappa shape index (κ2) is 5.77. The summed E-state index contributed by atoms with van der Waals surface area (Å²) >= 11 is 0. The quantitative estimate of drug-likeness (QED) is 0.788. The molecule has 1 aliphatic heterocycles. The molecule has 0 aliphatic carbocycles. The number of nitrogens with zero attached hydrogens (tertiary/aromatic N) is 5. The Bertz CT molecular complexity index is 805. The number of aromatic nitrogens is 4. The number of aliphatic hydroxyl groups is 1. The van der Waals surface area contributed by atoms with Gasteiger partial charge in [0, 0.05) is 42.8 Å². The molecule has 116 valence electrons. The van der Waals surface area contributed by atoms with Gasteiger partial charge in [0.2, 0.25) is 5.82 Å². The smallest absolute Gasteiger partial charge is 0.258 e. The highest BCUT2D eigenvalue weighted by Gasteiger charge is 2.22. The third kappa shape index (κ3) is 2.78. The van der Waals surface area contributed by atoms with Crippen LogP contribution in [0.2, 0.25) is 0 Å². The predicted molar refractivity (Wildman–Crippen MR) is 83.6 cm³/mol. The van der Waals surface area contributed by atoms with Crippen molar-refractivity contribution in [1.29, 1.82) is 0 Å². The molecule has 0 saturated carbocycles. The summed E-state index contributed by atoms with van der Waals surface area (Å²) in [6, 6.07) is 7.44. The summed E-state index contributed by atoms with van der Waals surface area (Å²) in [6.07, 6.45) is 5.57. The molecule has 0 aromatic carbocycles. The van der Waals surface area contributed by atoms with Gasteiger partial charge in [-0.3, -0.25) is 4.98 Å². The lowest BCUT2D eigenvalue weighted by Gasteiger charge is -2.16. The van der Waals surface area contributed by atoms with Crippen LogP contribution in [0.1, 0.15) is 6.42 Å². The standard InChI is InChI=1S/C16H15N5O2/c22-13-4-7-21(10-13)14-8-11(3-6-18-14)16-19-15(20-23-16)12-2-1-5-17-9-12/h1-3,5-6,8-9,13,22H,4,7,10H2. The minimum Gasteiger partial charge on any atom is -0.391 e. The molecule has 7 heteroatoms. The minimum atomic E-state index is -0.291. The van der Waals surface area contributed by atoms with E-state index in [0.29, 0.717) is 18.3 Å². The molecule has 1 unspecified atom stereocenters. The second-order valence-corrected chi connectivity index (χ2v) is 5.46. The molecular formula is C16H15N5O2. The van der Waals surface area contributed by atoms with Crippen molar-refractivity contribution in [3.05, 3.63) is 42.9 Å². The van der Waals surface area contributed by atoms with Gasteiger partial charge in [0.25, 0.3) is 5.89 Å². The Morgan fingerprint density at radius 1 is 1.22 bits per heavy atom. The van der Waals surface area contributed by atoms with Crippen LogP contribution in [-0.4, -0.2) is 44.4 Å². The van der Waals surface area contributed by atoms with Crippen molar-refractivity contribution in [2.24, 2.45) is 0 Å². The number of hydrogen-bond acceptors (Lipinski definition) is 7. The van der Waals surface area contributed by atoms with Gasteiger partial charge in [-0.25, -0.2) is 4.98 Å². The summed E-state index contributed by atoms with van der Waals surface area (Å²) in [7, 11) is 0. The van der Waals surface area contributed by atoms with Crippen molar-refractivity contribution in [2.75, 3.05) is 18.0 Å². The molecule has 1 atom stereocenters. The number of rotatable bonds is 3. The zero-order valence-electron chi connectivity index (χ0n) is 12.3. The lowest BCUT2D eigenvalue weighted by atomic mass is 10.2. The van der Waals surface area contributed by atoms with Crippen LogP contribution in [0.5, 0.6) is 0 Å². The second-order valence-electron chi connectivity index (χ2n) is 5.46. The Labute approximate surface area is 132 Å². The van der Waals surface area contributed by atoms with E-state index in [1.54, 1.807) is 18.6 Å². The summed E-state index contributed by atoms with van der Waals surface area (Å²) in [5.41, 5.74) is 1.61. The third-order valence-electron chi connectivity index (χ3n) is 3.83. The molecule has 3 aromatic heterocycles. The summed E-state index contributed by atoms with van der Waals surface area (Å²) in [6.45, 7) is 1.39. The molecule has 23 heavy (non-hydrogen) atoms. The largest absolute Gasteiger partial charge is 0.391 e. The first-order chi connectivity index (χ1) is 11.3. The first-order valence-electron chi connectivity index (χ1n) is 7.43. The van der Waals surface area contributed by atoms with Gasteiger partial charge in [-0.1, -0.05) is 5.16 Å². The van der Waals surface area contributed by atoms with E-state index in [2.05, 4.69) is 20.1 Å². The number of aliphatic hydroxyl groups excluding tert-OH is 1. The normalized spacial score (nSPS) is 17.6. The van der Waals surface area contributed by atoms with E-state index in [-0.39, 0.29) is 6.10 Å². The molecule has 4 heterocycles. The maximum Gasteiger partial charge on any atom is 0.258 e. The van der Waals surface area contributed by atoms with E-state index in [4.69, 9.17) is 4.52 Å². The maximum absolute atomic E-state index is 9.66. The predicted octanol–water partition coefficient (Wildman–Crippen LogP) is 1.76. The SMILES string of the molecule is OC1CCN(c2cc(-c3nc(-c4cccnc4)no3)ccn2)C1. The Kier molecular flexibility index (Phi) is 3.47. The third-order valence-corrected chi connectivity index (χ3v) is 3.83. The molecule has 1 N–H and O–H groups in total. The average Bonchev–Trinajstić information content (AvgIpc) is 3.25. The van der Waals surface area contributed by atoms with Crippen molar-refractivity contribution < 1.29 is 9.63 Å². The van der Waals surface area contributed by atoms with Gasteiger partial charge in [-0.2, -0.15) is 4.98 Å². The van der Waals surface area contributed by atoms with Crippen molar-refractivity contribution in [2.45, 2.75) is 12.5 Å². The highest BCUT2D eigenvalue weighted by Crippen LogP contribution is 2.25. The van der Waals surface area contributed by atoms with Crippen molar-refractivity contribution >= 4 is 5.82 Å². The fourth-order valence-corrected chi connectivity index (χ4v) is 2.63. The molecule has 1 aliphatic rings. The molecule has 3 aromatic rings. The van der Waals surface area contributed by atoms with E-state index >= 15 is 0 Å². The average molecular weight is 309 g/mol. The summed E-state index contributed by atoms with van der Waals surface area (Å²) in [4.78, 5) is 14.9. The van der Waals surface area contributed by atoms with Gasteiger partial charge in [0.1, 0.15) is 5.82 Å². The Morgan fingerprint density at radius 3 is 2.96 bits per heavy atom. The molecule has 0 radical (unpaired) electrons.